The SMILES string of the molecule is Cc1nn(Cc2ccc(C(=O)N(C)Cc3ccc(Cl)s3)cc2)c(C)c1[N+](=O)[O-]. The number of rotatable bonds is 6. The topological polar surface area (TPSA) is 81.3 Å². The van der Waals surface area contributed by atoms with Crippen LogP contribution in [0.4, 0.5) is 5.69 Å². The summed E-state index contributed by atoms with van der Waals surface area (Å²) in [5.74, 6) is -0.0853. The summed E-state index contributed by atoms with van der Waals surface area (Å²) in [7, 11) is 1.75. The number of thiophene rings is 1. The highest BCUT2D eigenvalue weighted by Gasteiger charge is 2.21. The number of amides is 1. The fourth-order valence-corrected chi connectivity index (χ4v) is 4.14. The van der Waals surface area contributed by atoms with Crippen molar-refractivity contribution >= 4 is 34.5 Å². The van der Waals surface area contributed by atoms with E-state index in [4.69, 9.17) is 11.6 Å². The van der Waals surface area contributed by atoms with Gasteiger partial charge in [-0.1, -0.05) is 23.7 Å². The molecule has 0 N–H and O–H groups in total. The minimum atomic E-state index is -0.410. The zero-order valence-electron chi connectivity index (χ0n) is 15.7. The van der Waals surface area contributed by atoms with E-state index >= 15 is 0 Å². The van der Waals surface area contributed by atoms with Crippen LogP contribution >= 0.6 is 22.9 Å². The highest BCUT2D eigenvalue weighted by molar-refractivity contribution is 7.16. The molecule has 0 aliphatic carbocycles. The Labute approximate surface area is 171 Å². The Kier molecular flexibility index (Phi) is 5.81. The molecule has 28 heavy (non-hydrogen) atoms. The van der Waals surface area contributed by atoms with E-state index in [1.165, 1.54) is 11.3 Å². The second kappa shape index (κ2) is 8.12. The van der Waals surface area contributed by atoms with Crippen molar-refractivity contribution in [3.8, 4) is 0 Å². The minimum Gasteiger partial charge on any atom is -0.337 e. The molecule has 0 aliphatic rings. The van der Waals surface area contributed by atoms with E-state index in [2.05, 4.69) is 5.10 Å². The molecule has 0 spiro atoms. The molecular weight excluding hydrogens is 400 g/mol. The molecule has 0 fully saturated rings. The van der Waals surface area contributed by atoms with Crippen molar-refractivity contribution in [2.45, 2.75) is 26.9 Å². The molecule has 3 aromatic rings. The van der Waals surface area contributed by atoms with Gasteiger partial charge in [0.25, 0.3) is 5.91 Å². The van der Waals surface area contributed by atoms with Gasteiger partial charge < -0.3 is 4.90 Å². The lowest BCUT2D eigenvalue weighted by molar-refractivity contribution is -0.386. The summed E-state index contributed by atoms with van der Waals surface area (Å²) < 4.78 is 2.31. The molecule has 2 aromatic heterocycles. The maximum Gasteiger partial charge on any atom is 0.312 e. The van der Waals surface area contributed by atoms with Crippen LogP contribution in [-0.2, 0) is 13.1 Å². The van der Waals surface area contributed by atoms with Crippen LogP contribution in [0.25, 0.3) is 0 Å². The second-order valence-electron chi connectivity index (χ2n) is 6.50. The van der Waals surface area contributed by atoms with Gasteiger partial charge in [-0.25, -0.2) is 0 Å². The number of halogens is 1. The van der Waals surface area contributed by atoms with Gasteiger partial charge in [0.1, 0.15) is 11.4 Å². The Bertz CT molecular complexity index is 1030. The van der Waals surface area contributed by atoms with E-state index in [9.17, 15) is 14.9 Å². The van der Waals surface area contributed by atoms with Crippen molar-refractivity contribution in [1.82, 2.24) is 14.7 Å². The Hall–Kier alpha value is -2.71. The van der Waals surface area contributed by atoms with Crippen LogP contribution < -0.4 is 0 Å². The van der Waals surface area contributed by atoms with E-state index in [1.807, 2.05) is 24.3 Å². The summed E-state index contributed by atoms with van der Waals surface area (Å²) in [4.78, 5) is 26.0. The number of carbonyl (C=O) groups excluding carboxylic acids is 1. The lowest BCUT2D eigenvalue weighted by Gasteiger charge is -2.16. The number of nitrogens with zero attached hydrogens (tertiary/aromatic N) is 4. The Morgan fingerprint density at radius 3 is 2.46 bits per heavy atom. The summed E-state index contributed by atoms with van der Waals surface area (Å²) in [6, 6.07) is 10.9. The molecule has 0 saturated heterocycles. The number of aromatic nitrogens is 2. The zero-order chi connectivity index (χ0) is 20.4. The lowest BCUT2D eigenvalue weighted by Crippen LogP contribution is -2.25. The predicted molar refractivity (Wildman–Crippen MR) is 109 cm³/mol. The molecule has 146 valence electrons. The third-order valence-electron chi connectivity index (χ3n) is 4.43. The highest BCUT2D eigenvalue weighted by atomic mass is 35.5. The van der Waals surface area contributed by atoms with E-state index in [1.54, 1.807) is 42.6 Å². The monoisotopic (exact) mass is 418 g/mol. The first-order valence-electron chi connectivity index (χ1n) is 8.53. The average Bonchev–Trinajstić information content (AvgIpc) is 3.17. The van der Waals surface area contributed by atoms with Gasteiger partial charge in [-0.15, -0.1) is 11.3 Å². The molecule has 0 saturated carbocycles. The first-order chi connectivity index (χ1) is 13.3. The summed E-state index contributed by atoms with van der Waals surface area (Å²) in [6.45, 7) is 4.20. The zero-order valence-corrected chi connectivity index (χ0v) is 17.3. The van der Waals surface area contributed by atoms with Crippen molar-refractivity contribution in [2.75, 3.05) is 7.05 Å². The van der Waals surface area contributed by atoms with E-state index in [0.29, 0.717) is 34.4 Å². The molecular formula is C19H19ClN4O3S. The van der Waals surface area contributed by atoms with Crippen LogP contribution in [0.5, 0.6) is 0 Å². The fourth-order valence-electron chi connectivity index (χ4n) is 2.99. The maximum atomic E-state index is 12.6. The summed E-state index contributed by atoms with van der Waals surface area (Å²) in [5.41, 5.74) is 2.43. The van der Waals surface area contributed by atoms with Gasteiger partial charge in [-0.3, -0.25) is 19.6 Å². The minimum absolute atomic E-state index is 0.0436. The molecule has 0 atom stereocenters. The molecule has 1 aromatic carbocycles. The van der Waals surface area contributed by atoms with Crippen molar-refractivity contribution in [3.63, 3.8) is 0 Å². The summed E-state index contributed by atoms with van der Waals surface area (Å²) in [6.07, 6.45) is 0. The lowest BCUT2D eigenvalue weighted by atomic mass is 10.1. The first kappa shape index (κ1) is 20.0. The normalized spacial score (nSPS) is 10.9. The third-order valence-corrected chi connectivity index (χ3v) is 5.64. The fraction of sp³-hybridized carbons (Fsp3) is 0.263. The Balaban J connectivity index is 1.70. The smallest absolute Gasteiger partial charge is 0.312 e. The van der Waals surface area contributed by atoms with Crippen molar-refractivity contribution in [3.05, 3.63) is 78.2 Å². The molecule has 0 unspecified atom stereocenters. The maximum absolute atomic E-state index is 12.6. The Morgan fingerprint density at radius 1 is 1.25 bits per heavy atom. The van der Waals surface area contributed by atoms with Crippen molar-refractivity contribution < 1.29 is 9.72 Å². The quantitative estimate of drug-likeness (QED) is 0.437. The van der Waals surface area contributed by atoms with Gasteiger partial charge in [0, 0.05) is 17.5 Å². The summed E-state index contributed by atoms with van der Waals surface area (Å²) in [5, 5.41) is 15.4. The number of hydrogen-bond donors (Lipinski definition) is 0. The molecule has 0 bridgehead atoms. The van der Waals surface area contributed by atoms with Crippen LogP contribution in [0.3, 0.4) is 0 Å². The van der Waals surface area contributed by atoms with Gasteiger partial charge in [0.05, 0.1) is 22.3 Å². The molecule has 2 heterocycles. The molecule has 3 rings (SSSR count). The number of nitro groups is 1. The van der Waals surface area contributed by atoms with Gasteiger partial charge in [0.15, 0.2) is 0 Å². The second-order valence-corrected chi connectivity index (χ2v) is 8.30. The van der Waals surface area contributed by atoms with Crippen LogP contribution in [0.1, 0.15) is 32.2 Å². The van der Waals surface area contributed by atoms with Gasteiger partial charge >= 0.3 is 5.69 Å². The molecule has 9 heteroatoms. The van der Waals surface area contributed by atoms with Crippen molar-refractivity contribution in [1.29, 1.82) is 0 Å². The number of hydrogen-bond acceptors (Lipinski definition) is 5. The number of benzene rings is 1. The van der Waals surface area contributed by atoms with Crippen LogP contribution in [0.2, 0.25) is 4.34 Å². The van der Waals surface area contributed by atoms with Gasteiger partial charge in [0.2, 0.25) is 0 Å². The van der Waals surface area contributed by atoms with Crippen LogP contribution in [0, 0.1) is 24.0 Å². The Morgan fingerprint density at radius 2 is 1.93 bits per heavy atom. The van der Waals surface area contributed by atoms with Gasteiger partial charge in [-0.2, -0.15) is 5.10 Å². The average molecular weight is 419 g/mol. The molecule has 1 amide bonds. The largest absolute Gasteiger partial charge is 0.337 e. The highest BCUT2D eigenvalue weighted by Crippen LogP contribution is 2.24. The number of aryl methyl sites for hydroxylation is 1. The third kappa shape index (κ3) is 4.23. The summed E-state index contributed by atoms with van der Waals surface area (Å²) >= 11 is 7.39. The number of carbonyl (C=O) groups is 1. The molecule has 0 radical (unpaired) electrons. The van der Waals surface area contributed by atoms with Crippen LogP contribution in [0.15, 0.2) is 36.4 Å². The van der Waals surface area contributed by atoms with Crippen molar-refractivity contribution in [2.24, 2.45) is 0 Å². The standard InChI is InChI=1S/C19H19ClN4O3S/c1-12-18(24(26)27)13(2)23(21-12)10-14-4-6-15(7-5-14)19(25)22(3)11-16-8-9-17(20)28-16/h4-9H,10-11H2,1-3H3. The van der Waals surface area contributed by atoms with E-state index < -0.39 is 4.92 Å². The van der Waals surface area contributed by atoms with E-state index in [-0.39, 0.29) is 11.6 Å². The molecule has 7 nitrogen and oxygen atoms in total. The predicted octanol–water partition coefficient (Wildman–Crippen LogP) is 4.44. The van der Waals surface area contributed by atoms with E-state index in [0.717, 1.165) is 10.4 Å². The van der Waals surface area contributed by atoms with Gasteiger partial charge in [-0.05, 0) is 43.7 Å². The molecule has 0 aliphatic heterocycles. The van der Waals surface area contributed by atoms with Crippen LogP contribution in [-0.4, -0.2) is 32.6 Å². The first-order valence-corrected chi connectivity index (χ1v) is 9.72.